The number of rotatable bonds is 8. The summed E-state index contributed by atoms with van der Waals surface area (Å²) in [6.45, 7) is 3.98. The third kappa shape index (κ3) is 6.13. The van der Waals surface area contributed by atoms with Gasteiger partial charge in [0.25, 0.3) is 11.8 Å². The third-order valence-corrected chi connectivity index (χ3v) is 5.55. The largest absolute Gasteiger partial charge is 0.493 e. The lowest BCUT2D eigenvalue weighted by Crippen LogP contribution is -2.43. The van der Waals surface area contributed by atoms with Gasteiger partial charge >= 0.3 is 0 Å². The summed E-state index contributed by atoms with van der Waals surface area (Å²) in [6, 6.07) is 12.8. The summed E-state index contributed by atoms with van der Waals surface area (Å²) in [5.41, 5.74) is 1.68. The molecule has 2 aromatic carbocycles. The average Bonchev–Trinajstić information content (AvgIpc) is 2.81. The molecule has 7 nitrogen and oxygen atoms in total. The molecule has 7 heteroatoms. The van der Waals surface area contributed by atoms with Crippen LogP contribution in [0.2, 0.25) is 0 Å². The molecular formula is C24H30N2O5. The number of carbonyl (C=O) groups is 2. The normalized spacial score (nSPS) is 14.1. The molecule has 0 bridgehead atoms. The lowest BCUT2D eigenvalue weighted by Gasteiger charge is -2.32. The van der Waals surface area contributed by atoms with Crippen LogP contribution in [0.5, 0.6) is 17.2 Å². The van der Waals surface area contributed by atoms with Gasteiger partial charge in [-0.1, -0.05) is 17.7 Å². The van der Waals surface area contributed by atoms with E-state index in [-0.39, 0.29) is 18.4 Å². The molecule has 0 saturated carbocycles. The molecule has 31 heavy (non-hydrogen) atoms. The fourth-order valence-corrected chi connectivity index (χ4v) is 3.57. The van der Waals surface area contributed by atoms with Gasteiger partial charge in [0, 0.05) is 25.2 Å². The van der Waals surface area contributed by atoms with Crippen molar-refractivity contribution in [2.24, 2.45) is 5.92 Å². The maximum atomic E-state index is 12.5. The highest BCUT2D eigenvalue weighted by Gasteiger charge is 2.23. The van der Waals surface area contributed by atoms with Crippen LogP contribution in [0.3, 0.4) is 0 Å². The van der Waals surface area contributed by atoms with Crippen LogP contribution in [-0.2, 0) is 4.79 Å². The monoisotopic (exact) mass is 426 g/mol. The van der Waals surface area contributed by atoms with Crippen LogP contribution in [0.15, 0.2) is 42.5 Å². The number of nitrogens with one attached hydrogen (secondary N) is 1. The van der Waals surface area contributed by atoms with E-state index in [9.17, 15) is 9.59 Å². The number of hydrogen-bond acceptors (Lipinski definition) is 5. The van der Waals surface area contributed by atoms with E-state index < -0.39 is 0 Å². The number of carbonyl (C=O) groups excluding carboxylic acids is 2. The Kier molecular flexibility index (Phi) is 7.76. The Balaban J connectivity index is 1.41. The van der Waals surface area contributed by atoms with Crippen LogP contribution in [0.25, 0.3) is 0 Å². The summed E-state index contributed by atoms with van der Waals surface area (Å²) in [4.78, 5) is 26.7. The van der Waals surface area contributed by atoms with Gasteiger partial charge < -0.3 is 24.4 Å². The van der Waals surface area contributed by atoms with Crippen LogP contribution in [0.1, 0.15) is 28.8 Å². The lowest BCUT2D eigenvalue weighted by atomic mass is 9.96. The van der Waals surface area contributed by atoms with E-state index in [1.807, 2.05) is 36.1 Å². The van der Waals surface area contributed by atoms with Crippen molar-refractivity contribution in [2.75, 3.05) is 40.5 Å². The minimum atomic E-state index is -0.147. The molecule has 0 aromatic heterocycles. The summed E-state index contributed by atoms with van der Waals surface area (Å²) in [7, 11) is 3.10. The molecule has 0 radical (unpaired) electrons. The van der Waals surface area contributed by atoms with Crippen LogP contribution in [0, 0.1) is 12.8 Å². The first-order chi connectivity index (χ1) is 15.0. The number of likely N-dealkylation sites (tertiary alicyclic amines) is 1. The van der Waals surface area contributed by atoms with Gasteiger partial charge in [-0.3, -0.25) is 9.59 Å². The predicted molar refractivity (Wildman–Crippen MR) is 118 cm³/mol. The Morgan fingerprint density at radius 2 is 1.68 bits per heavy atom. The zero-order valence-electron chi connectivity index (χ0n) is 18.3. The molecule has 1 aliphatic rings. The van der Waals surface area contributed by atoms with Crippen LogP contribution in [-0.4, -0.2) is 57.2 Å². The highest BCUT2D eigenvalue weighted by Crippen LogP contribution is 2.27. The van der Waals surface area contributed by atoms with Gasteiger partial charge in [0.15, 0.2) is 18.1 Å². The Morgan fingerprint density at radius 3 is 2.32 bits per heavy atom. The van der Waals surface area contributed by atoms with Crippen LogP contribution in [0.4, 0.5) is 0 Å². The smallest absolute Gasteiger partial charge is 0.260 e. The predicted octanol–water partition coefficient (Wildman–Crippen LogP) is 3.06. The van der Waals surface area contributed by atoms with Crippen molar-refractivity contribution < 1.29 is 23.8 Å². The second-order valence-corrected chi connectivity index (χ2v) is 7.71. The van der Waals surface area contributed by atoms with E-state index in [2.05, 4.69) is 5.32 Å². The molecule has 1 saturated heterocycles. The maximum Gasteiger partial charge on any atom is 0.260 e. The molecular weight excluding hydrogens is 396 g/mol. The molecule has 1 aliphatic heterocycles. The molecule has 0 unspecified atom stereocenters. The second-order valence-electron chi connectivity index (χ2n) is 7.71. The summed E-state index contributed by atoms with van der Waals surface area (Å²) in [6.07, 6.45) is 1.70. The number of ether oxygens (including phenoxy) is 3. The Bertz CT molecular complexity index is 889. The standard InChI is InChI=1S/C24H30N2O5/c1-17-4-7-20(8-5-17)31-16-23(27)26-12-10-18(11-13-26)15-25-24(28)19-6-9-21(29-2)22(14-19)30-3/h4-9,14,18H,10-13,15-16H2,1-3H3,(H,25,28). The molecule has 1 N–H and O–H groups in total. The molecule has 1 heterocycles. The van der Waals surface area contributed by atoms with Crippen LogP contribution >= 0.6 is 0 Å². The Morgan fingerprint density at radius 1 is 1.00 bits per heavy atom. The molecule has 2 aromatic rings. The molecule has 3 rings (SSSR count). The first kappa shape index (κ1) is 22.5. The van der Waals surface area contributed by atoms with Crippen molar-refractivity contribution >= 4 is 11.8 Å². The minimum absolute atomic E-state index is 0.00612. The summed E-state index contributed by atoms with van der Waals surface area (Å²) < 4.78 is 16.1. The fourth-order valence-electron chi connectivity index (χ4n) is 3.57. The summed E-state index contributed by atoms with van der Waals surface area (Å²) >= 11 is 0. The highest BCUT2D eigenvalue weighted by molar-refractivity contribution is 5.94. The number of nitrogens with zero attached hydrogens (tertiary/aromatic N) is 1. The topological polar surface area (TPSA) is 77.1 Å². The highest BCUT2D eigenvalue weighted by atomic mass is 16.5. The van der Waals surface area contributed by atoms with Gasteiger partial charge in [-0.15, -0.1) is 0 Å². The fraction of sp³-hybridized carbons (Fsp3) is 0.417. The van der Waals surface area contributed by atoms with Gasteiger partial charge in [-0.2, -0.15) is 0 Å². The van der Waals surface area contributed by atoms with Gasteiger partial charge in [0.2, 0.25) is 0 Å². The van der Waals surface area contributed by atoms with Crippen molar-refractivity contribution in [1.82, 2.24) is 10.2 Å². The van der Waals surface area contributed by atoms with Gasteiger partial charge in [-0.25, -0.2) is 0 Å². The van der Waals surface area contributed by atoms with Gasteiger partial charge in [-0.05, 0) is 56.0 Å². The molecule has 166 valence electrons. The van der Waals surface area contributed by atoms with Crippen LogP contribution < -0.4 is 19.5 Å². The Labute approximate surface area is 183 Å². The number of piperidine rings is 1. The summed E-state index contributed by atoms with van der Waals surface area (Å²) in [5.74, 6) is 1.99. The van der Waals surface area contributed by atoms with Crippen molar-refractivity contribution in [3.63, 3.8) is 0 Å². The third-order valence-electron chi connectivity index (χ3n) is 5.55. The van der Waals surface area contributed by atoms with Crippen molar-refractivity contribution in [3.05, 3.63) is 53.6 Å². The zero-order chi connectivity index (χ0) is 22.2. The van der Waals surface area contributed by atoms with E-state index in [4.69, 9.17) is 14.2 Å². The van der Waals surface area contributed by atoms with Gasteiger partial charge in [0.1, 0.15) is 5.75 Å². The molecule has 0 atom stereocenters. The van der Waals surface area contributed by atoms with Crippen molar-refractivity contribution in [2.45, 2.75) is 19.8 Å². The zero-order valence-corrected chi connectivity index (χ0v) is 18.3. The van der Waals surface area contributed by atoms with E-state index in [1.54, 1.807) is 32.4 Å². The van der Waals surface area contributed by atoms with E-state index >= 15 is 0 Å². The number of amides is 2. The van der Waals surface area contributed by atoms with Gasteiger partial charge in [0.05, 0.1) is 14.2 Å². The molecule has 0 aliphatic carbocycles. The van der Waals surface area contributed by atoms with E-state index in [0.29, 0.717) is 48.4 Å². The number of aryl methyl sites for hydroxylation is 1. The number of hydrogen-bond donors (Lipinski definition) is 1. The van der Waals surface area contributed by atoms with Crippen molar-refractivity contribution in [3.8, 4) is 17.2 Å². The van der Waals surface area contributed by atoms with E-state index in [1.165, 1.54) is 0 Å². The quantitative estimate of drug-likeness (QED) is 0.702. The first-order valence-corrected chi connectivity index (χ1v) is 10.5. The second kappa shape index (κ2) is 10.7. The SMILES string of the molecule is COc1ccc(C(=O)NCC2CCN(C(=O)COc3ccc(C)cc3)CC2)cc1OC. The molecule has 1 fully saturated rings. The minimum Gasteiger partial charge on any atom is -0.493 e. The molecule has 2 amide bonds. The maximum absolute atomic E-state index is 12.5. The number of methoxy groups -OCH3 is 2. The average molecular weight is 427 g/mol. The lowest BCUT2D eigenvalue weighted by molar-refractivity contribution is -0.134. The summed E-state index contributed by atoms with van der Waals surface area (Å²) in [5, 5.41) is 2.99. The number of benzene rings is 2. The molecule has 0 spiro atoms. The Hall–Kier alpha value is -3.22. The van der Waals surface area contributed by atoms with Crippen molar-refractivity contribution in [1.29, 1.82) is 0 Å². The van der Waals surface area contributed by atoms with E-state index in [0.717, 1.165) is 18.4 Å². The first-order valence-electron chi connectivity index (χ1n) is 10.5.